The van der Waals surface area contributed by atoms with E-state index in [0.29, 0.717) is 11.1 Å². The Morgan fingerprint density at radius 2 is 1.68 bits per heavy atom. The largest absolute Gasteiger partial charge is 0.271 e. The molecule has 19 heavy (non-hydrogen) atoms. The number of aryl methyl sites for hydroxylation is 1. The van der Waals surface area contributed by atoms with Crippen molar-refractivity contribution in [3.63, 3.8) is 0 Å². The topological polar surface area (TPSA) is 38.0 Å². The van der Waals surface area contributed by atoms with E-state index in [4.69, 9.17) is 5.84 Å². The summed E-state index contributed by atoms with van der Waals surface area (Å²) < 4.78 is 40.2. The molecule has 2 aromatic rings. The Labute approximate surface area is 109 Å². The van der Waals surface area contributed by atoms with Gasteiger partial charge in [0.1, 0.15) is 17.5 Å². The summed E-state index contributed by atoms with van der Waals surface area (Å²) in [6.45, 7) is 1.59. The Hall–Kier alpha value is -1.85. The van der Waals surface area contributed by atoms with Crippen molar-refractivity contribution in [2.45, 2.75) is 13.0 Å². The molecule has 0 aliphatic carbocycles. The van der Waals surface area contributed by atoms with E-state index >= 15 is 0 Å². The van der Waals surface area contributed by atoms with Gasteiger partial charge in [0.15, 0.2) is 0 Å². The van der Waals surface area contributed by atoms with Gasteiger partial charge in [0, 0.05) is 5.56 Å². The van der Waals surface area contributed by atoms with Crippen LogP contribution in [0.1, 0.15) is 22.7 Å². The molecule has 100 valence electrons. The van der Waals surface area contributed by atoms with Crippen LogP contribution in [0.15, 0.2) is 36.4 Å². The fourth-order valence-corrected chi connectivity index (χ4v) is 1.95. The highest BCUT2D eigenvalue weighted by molar-refractivity contribution is 5.35. The summed E-state index contributed by atoms with van der Waals surface area (Å²) in [6, 6.07) is 6.69. The van der Waals surface area contributed by atoms with E-state index in [2.05, 4.69) is 5.43 Å². The number of halogens is 3. The highest BCUT2D eigenvalue weighted by Gasteiger charge is 2.18. The highest BCUT2D eigenvalue weighted by Crippen LogP contribution is 2.25. The molecule has 2 aromatic carbocycles. The molecule has 0 heterocycles. The van der Waals surface area contributed by atoms with Gasteiger partial charge in [-0.25, -0.2) is 18.6 Å². The number of benzene rings is 2. The number of rotatable bonds is 3. The molecule has 2 nitrogen and oxygen atoms in total. The van der Waals surface area contributed by atoms with E-state index in [1.165, 1.54) is 12.1 Å². The maximum Gasteiger partial charge on any atom is 0.128 e. The van der Waals surface area contributed by atoms with Gasteiger partial charge in [0.05, 0.1) is 6.04 Å². The summed E-state index contributed by atoms with van der Waals surface area (Å²) in [5.41, 5.74) is 3.47. The van der Waals surface area contributed by atoms with E-state index in [9.17, 15) is 13.2 Å². The third-order valence-corrected chi connectivity index (χ3v) is 2.95. The van der Waals surface area contributed by atoms with Gasteiger partial charge in [-0.2, -0.15) is 0 Å². The molecule has 1 unspecified atom stereocenters. The first kappa shape index (κ1) is 13.6. The van der Waals surface area contributed by atoms with Crippen molar-refractivity contribution in [2.24, 2.45) is 5.84 Å². The second kappa shape index (κ2) is 5.42. The maximum absolute atomic E-state index is 13.7. The smallest absolute Gasteiger partial charge is 0.128 e. The number of hydrazine groups is 1. The van der Waals surface area contributed by atoms with E-state index in [-0.39, 0.29) is 11.4 Å². The minimum absolute atomic E-state index is 0.0773. The van der Waals surface area contributed by atoms with Gasteiger partial charge in [-0.05, 0) is 42.3 Å². The zero-order valence-electron chi connectivity index (χ0n) is 10.3. The maximum atomic E-state index is 13.7. The molecule has 0 aliphatic heterocycles. The van der Waals surface area contributed by atoms with Crippen molar-refractivity contribution < 1.29 is 13.2 Å². The molecule has 0 saturated heterocycles. The third kappa shape index (κ3) is 2.77. The Morgan fingerprint density at radius 3 is 2.32 bits per heavy atom. The average molecular weight is 266 g/mol. The van der Waals surface area contributed by atoms with Gasteiger partial charge < -0.3 is 0 Å². The summed E-state index contributed by atoms with van der Waals surface area (Å²) in [5.74, 6) is 3.91. The SMILES string of the molecule is Cc1cc(C(NN)c2cc(F)ccc2F)ccc1F. The van der Waals surface area contributed by atoms with E-state index in [1.54, 1.807) is 13.0 Å². The van der Waals surface area contributed by atoms with Crippen LogP contribution in [0.5, 0.6) is 0 Å². The summed E-state index contributed by atoms with van der Waals surface area (Å²) >= 11 is 0. The van der Waals surface area contributed by atoms with Gasteiger partial charge >= 0.3 is 0 Å². The summed E-state index contributed by atoms with van der Waals surface area (Å²) in [4.78, 5) is 0. The molecular formula is C14H13F3N2. The summed E-state index contributed by atoms with van der Waals surface area (Å²) in [5, 5.41) is 0. The first-order chi connectivity index (χ1) is 9.02. The fourth-order valence-electron chi connectivity index (χ4n) is 1.95. The van der Waals surface area contributed by atoms with Crippen molar-refractivity contribution in [3.05, 3.63) is 70.5 Å². The fraction of sp³-hybridized carbons (Fsp3) is 0.143. The van der Waals surface area contributed by atoms with Crippen LogP contribution in [0.3, 0.4) is 0 Å². The summed E-state index contributed by atoms with van der Waals surface area (Å²) in [7, 11) is 0. The minimum atomic E-state index is -0.741. The Morgan fingerprint density at radius 1 is 1.00 bits per heavy atom. The third-order valence-electron chi connectivity index (χ3n) is 2.95. The lowest BCUT2D eigenvalue weighted by Crippen LogP contribution is -2.29. The number of hydrogen-bond acceptors (Lipinski definition) is 2. The quantitative estimate of drug-likeness (QED) is 0.662. The van der Waals surface area contributed by atoms with Crippen molar-refractivity contribution in [1.29, 1.82) is 0 Å². The normalized spacial score (nSPS) is 12.5. The lowest BCUT2D eigenvalue weighted by atomic mass is 9.97. The predicted molar refractivity (Wildman–Crippen MR) is 66.7 cm³/mol. The molecule has 1 atom stereocenters. The molecule has 0 aliphatic rings. The zero-order chi connectivity index (χ0) is 14.0. The molecule has 0 aromatic heterocycles. The first-order valence-corrected chi connectivity index (χ1v) is 5.70. The van der Waals surface area contributed by atoms with Crippen LogP contribution >= 0.6 is 0 Å². The van der Waals surface area contributed by atoms with Gasteiger partial charge in [-0.1, -0.05) is 12.1 Å². The molecule has 0 bridgehead atoms. The molecule has 0 fully saturated rings. The summed E-state index contributed by atoms with van der Waals surface area (Å²) in [6.07, 6.45) is 0. The number of nitrogens with two attached hydrogens (primary N) is 1. The number of hydrogen-bond donors (Lipinski definition) is 2. The molecule has 0 saturated carbocycles. The molecule has 0 radical (unpaired) electrons. The lowest BCUT2D eigenvalue weighted by molar-refractivity contribution is 0.544. The molecule has 0 spiro atoms. The highest BCUT2D eigenvalue weighted by atomic mass is 19.1. The van der Waals surface area contributed by atoms with E-state index in [0.717, 1.165) is 18.2 Å². The lowest BCUT2D eigenvalue weighted by Gasteiger charge is -2.18. The van der Waals surface area contributed by atoms with Gasteiger partial charge in [-0.15, -0.1) is 0 Å². The van der Waals surface area contributed by atoms with Crippen molar-refractivity contribution in [1.82, 2.24) is 5.43 Å². The molecule has 5 heteroatoms. The monoisotopic (exact) mass is 266 g/mol. The van der Waals surface area contributed by atoms with Crippen LogP contribution < -0.4 is 11.3 Å². The first-order valence-electron chi connectivity index (χ1n) is 5.70. The second-order valence-electron chi connectivity index (χ2n) is 4.27. The van der Waals surface area contributed by atoms with Gasteiger partial charge in [0.2, 0.25) is 0 Å². The van der Waals surface area contributed by atoms with Crippen LogP contribution in [0.4, 0.5) is 13.2 Å². The van der Waals surface area contributed by atoms with E-state index in [1.807, 2.05) is 0 Å². The van der Waals surface area contributed by atoms with Crippen molar-refractivity contribution in [3.8, 4) is 0 Å². The van der Waals surface area contributed by atoms with Crippen LogP contribution in [0.25, 0.3) is 0 Å². The van der Waals surface area contributed by atoms with Crippen LogP contribution in [-0.2, 0) is 0 Å². The molecule has 0 amide bonds. The Bertz CT molecular complexity index is 599. The Balaban J connectivity index is 2.49. The van der Waals surface area contributed by atoms with Crippen LogP contribution in [0, 0.1) is 24.4 Å². The van der Waals surface area contributed by atoms with Gasteiger partial charge in [-0.3, -0.25) is 5.84 Å². The van der Waals surface area contributed by atoms with Crippen molar-refractivity contribution >= 4 is 0 Å². The molecule has 3 N–H and O–H groups in total. The standard InChI is InChI=1S/C14H13F3N2/c1-8-6-9(2-4-12(8)16)14(19-18)11-7-10(15)3-5-13(11)17/h2-7,14,19H,18H2,1H3. The van der Waals surface area contributed by atoms with Crippen LogP contribution in [-0.4, -0.2) is 0 Å². The van der Waals surface area contributed by atoms with E-state index < -0.39 is 17.7 Å². The molecular weight excluding hydrogens is 253 g/mol. The number of nitrogens with one attached hydrogen (secondary N) is 1. The Kier molecular flexibility index (Phi) is 3.87. The minimum Gasteiger partial charge on any atom is -0.271 e. The zero-order valence-corrected chi connectivity index (χ0v) is 10.3. The molecule has 2 rings (SSSR count). The van der Waals surface area contributed by atoms with Crippen LogP contribution in [0.2, 0.25) is 0 Å². The predicted octanol–water partition coefficient (Wildman–Crippen LogP) is 2.97. The second-order valence-corrected chi connectivity index (χ2v) is 4.27. The average Bonchev–Trinajstić information content (AvgIpc) is 2.38. The van der Waals surface area contributed by atoms with Gasteiger partial charge in [0.25, 0.3) is 0 Å². The van der Waals surface area contributed by atoms with Crippen molar-refractivity contribution in [2.75, 3.05) is 0 Å².